The van der Waals surface area contributed by atoms with Crippen LogP contribution in [0, 0.1) is 0 Å². The first-order chi connectivity index (χ1) is 15.6. The second-order valence-electron chi connectivity index (χ2n) is 6.97. The zero-order chi connectivity index (χ0) is 22.3. The predicted octanol–water partition coefficient (Wildman–Crippen LogP) is 3.19. The van der Waals surface area contributed by atoms with Gasteiger partial charge in [0.1, 0.15) is 11.3 Å². The van der Waals surface area contributed by atoms with Crippen molar-refractivity contribution in [3.05, 3.63) is 72.7 Å². The quantitative estimate of drug-likeness (QED) is 0.571. The van der Waals surface area contributed by atoms with Crippen molar-refractivity contribution >= 4 is 29.2 Å². The lowest BCUT2D eigenvalue weighted by Gasteiger charge is -2.16. The summed E-state index contributed by atoms with van der Waals surface area (Å²) in [5, 5.41) is 2.67. The standard InChI is InChI=1S/C23H20N4O5/c28-20(26-16-5-1-6-17(13-16)27-12-4-9-21(27)29)15-31-23(30)19-8-3-11-25-22(19)32-18-7-2-10-24-14-18/h1-3,5-8,10-11,13-14H,4,9,12,15H2,(H,26,28). The molecule has 1 fully saturated rings. The molecule has 0 saturated carbocycles. The van der Waals surface area contributed by atoms with Crippen LogP contribution in [-0.2, 0) is 14.3 Å². The summed E-state index contributed by atoms with van der Waals surface area (Å²) in [7, 11) is 0. The Labute approximate surface area is 184 Å². The molecule has 32 heavy (non-hydrogen) atoms. The first-order valence-corrected chi connectivity index (χ1v) is 10.0. The van der Waals surface area contributed by atoms with Gasteiger partial charge in [0.25, 0.3) is 5.91 Å². The Bertz CT molecular complexity index is 1140. The molecule has 0 unspecified atom stereocenters. The average molecular weight is 432 g/mol. The average Bonchev–Trinajstić information content (AvgIpc) is 3.24. The van der Waals surface area contributed by atoms with E-state index in [0.717, 1.165) is 12.1 Å². The Morgan fingerprint density at radius 3 is 2.75 bits per heavy atom. The maximum Gasteiger partial charge on any atom is 0.344 e. The topological polar surface area (TPSA) is 111 Å². The molecule has 2 amide bonds. The Hall–Kier alpha value is -4.27. The number of pyridine rings is 2. The zero-order valence-corrected chi connectivity index (χ0v) is 17.1. The Kier molecular flexibility index (Phi) is 6.35. The number of nitrogens with zero attached hydrogens (tertiary/aromatic N) is 3. The van der Waals surface area contributed by atoms with Crippen LogP contribution < -0.4 is 15.0 Å². The lowest BCUT2D eigenvalue weighted by molar-refractivity contribution is -0.119. The largest absolute Gasteiger partial charge is 0.452 e. The molecule has 0 atom stereocenters. The van der Waals surface area contributed by atoms with Gasteiger partial charge in [-0.25, -0.2) is 9.78 Å². The molecule has 1 aliphatic heterocycles. The van der Waals surface area contributed by atoms with Gasteiger partial charge in [0.15, 0.2) is 6.61 Å². The Morgan fingerprint density at radius 1 is 1.09 bits per heavy atom. The molecule has 0 spiro atoms. The SMILES string of the molecule is O=C(COC(=O)c1cccnc1Oc1cccnc1)Nc1cccc(N2CCCC2=O)c1. The molecule has 4 rings (SSSR count). The molecule has 1 N–H and O–H groups in total. The van der Waals surface area contributed by atoms with Crippen molar-refractivity contribution in [2.24, 2.45) is 0 Å². The second kappa shape index (κ2) is 9.69. The molecule has 0 bridgehead atoms. The fourth-order valence-corrected chi connectivity index (χ4v) is 3.23. The van der Waals surface area contributed by atoms with Crippen LogP contribution in [0.15, 0.2) is 67.1 Å². The fraction of sp³-hybridized carbons (Fsp3) is 0.174. The number of carbonyl (C=O) groups is 3. The van der Waals surface area contributed by atoms with Gasteiger partial charge in [0, 0.05) is 36.7 Å². The van der Waals surface area contributed by atoms with E-state index in [1.165, 1.54) is 18.5 Å². The number of rotatable bonds is 7. The van der Waals surface area contributed by atoms with Crippen LogP contribution in [0.1, 0.15) is 23.2 Å². The van der Waals surface area contributed by atoms with E-state index < -0.39 is 18.5 Å². The summed E-state index contributed by atoms with van der Waals surface area (Å²) in [5.74, 6) is -0.739. The number of ether oxygens (including phenoxy) is 2. The van der Waals surface area contributed by atoms with Gasteiger partial charge < -0.3 is 19.7 Å². The molecule has 0 aliphatic carbocycles. The van der Waals surface area contributed by atoms with E-state index in [9.17, 15) is 14.4 Å². The maximum atomic E-state index is 12.5. The van der Waals surface area contributed by atoms with Crippen LogP contribution in [0.25, 0.3) is 0 Å². The molecule has 3 aromatic rings. The molecule has 1 saturated heterocycles. The third-order valence-electron chi connectivity index (χ3n) is 4.69. The third-order valence-corrected chi connectivity index (χ3v) is 4.69. The van der Waals surface area contributed by atoms with Crippen molar-refractivity contribution in [3.8, 4) is 11.6 Å². The van der Waals surface area contributed by atoms with E-state index in [1.807, 2.05) is 6.07 Å². The minimum absolute atomic E-state index is 0.0499. The molecule has 9 nitrogen and oxygen atoms in total. The van der Waals surface area contributed by atoms with Gasteiger partial charge in [-0.3, -0.25) is 14.6 Å². The van der Waals surface area contributed by atoms with Crippen LogP contribution in [0.2, 0.25) is 0 Å². The van der Waals surface area contributed by atoms with Crippen LogP contribution in [-0.4, -0.2) is 40.9 Å². The highest BCUT2D eigenvalue weighted by atomic mass is 16.5. The number of hydrogen-bond donors (Lipinski definition) is 1. The van der Waals surface area contributed by atoms with Crippen LogP contribution in [0.3, 0.4) is 0 Å². The summed E-state index contributed by atoms with van der Waals surface area (Å²) in [6.07, 6.45) is 5.89. The minimum atomic E-state index is -0.747. The number of nitrogens with one attached hydrogen (secondary N) is 1. The summed E-state index contributed by atoms with van der Waals surface area (Å²) >= 11 is 0. The highest BCUT2D eigenvalue weighted by molar-refractivity contribution is 5.98. The number of benzene rings is 1. The lowest BCUT2D eigenvalue weighted by atomic mass is 10.2. The molecule has 1 aliphatic rings. The first-order valence-electron chi connectivity index (χ1n) is 10.0. The predicted molar refractivity (Wildman–Crippen MR) is 115 cm³/mol. The lowest BCUT2D eigenvalue weighted by Crippen LogP contribution is -2.24. The monoisotopic (exact) mass is 432 g/mol. The van der Waals surface area contributed by atoms with E-state index in [2.05, 4.69) is 15.3 Å². The van der Waals surface area contributed by atoms with Gasteiger partial charge in [-0.05, 0) is 48.9 Å². The van der Waals surface area contributed by atoms with Gasteiger partial charge in [0.2, 0.25) is 11.8 Å². The van der Waals surface area contributed by atoms with Crippen LogP contribution >= 0.6 is 0 Å². The number of hydrogen-bond acceptors (Lipinski definition) is 7. The van der Waals surface area contributed by atoms with Crippen molar-refractivity contribution in [2.75, 3.05) is 23.4 Å². The summed E-state index contributed by atoms with van der Waals surface area (Å²) in [5.41, 5.74) is 1.30. The van der Waals surface area contributed by atoms with E-state index in [1.54, 1.807) is 47.5 Å². The second-order valence-corrected chi connectivity index (χ2v) is 6.97. The highest BCUT2D eigenvalue weighted by Crippen LogP contribution is 2.25. The zero-order valence-electron chi connectivity index (χ0n) is 17.1. The van der Waals surface area contributed by atoms with Gasteiger partial charge >= 0.3 is 5.97 Å². The Morgan fingerprint density at radius 2 is 1.97 bits per heavy atom. The van der Waals surface area contributed by atoms with Gasteiger partial charge in [0.05, 0.1) is 6.20 Å². The third kappa shape index (κ3) is 5.07. The summed E-state index contributed by atoms with van der Waals surface area (Å²) in [6.45, 7) is 0.162. The van der Waals surface area contributed by atoms with E-state index in [4.69, 9.17) is 9.47 Å². The maximum absolute atomic E-state index is 12.5. The number of amides is 2. The number of anilines is 2. The molecule has 9 heteroatoms. The number of aromatic nitrogens is 2. The molecular weight excluding hydrogens is 412 g/mol. The summed E-state index contributed by atoms with van der Waals surface area (Å²) in [4.78, 5) is 46.4. The molecule has 162 valence electrons. The molecular formula is C23H20N4O5. The van der Waals surface area contributed by atoms with Crippen molar-refractivity contribution < 1.29 is 23.9 Å². The van der Waals surface area contributed by atoms with Gasteiger partial charge in [-0.15, -0.1) is 0 Å². The summed E-state index contributed by atoms with van der Waals surface area (Å²) < 4.78 is 10.7. The van der Waals surface area contributed by atoms with E-state index >= 15 is 0 Å². The molecule has 2 aromatic heterocycles. The fourth-order valence-electron chi connectivity index (χ4n) is 3.23. The van der Waals surface area contributed by atoms with Crippen molar-refractivity contribution in [2.45, 2.75) is 12.8 Å². The van der Waals surface area contributed by atoms with Gasteiger partial charge in [-0.1, -0.05) is 6.07 Å². The molecule has 3 heterocycles. The van der Waals surface area contributed by atoms with Crippen LogP contribution in [0.4, 0.5) is 11.4 Å². The minimum Gasteiger partial charge on any atom is -0.452 e. The Balaban J connectivity index is 1.36. The van der Waals surface area contributed by atoms with E-state index in [0.29, 0.717) is 24.4 Å². The first kappa shape index (κ1) is 21.0. The normalized spacial score (nSPS) is 13.0. The molecule has 1 aromatic carbocycles. The van der Waals surface area contributed by atoms with Crippen LogP contribution in [0.5, 0.6) is 11.6 Å². The highest BCUT2D eigenvalue weighted by Gasteiger charge is 2.22. The van der Waals surface area contributed by atoms with Crippen molar-refractivity contribution in [3.63, 3.8) is 0 Å². The van der Waals surface area contributed by atoms with Gasteiger partial charge in [-0.2, -0.15) is 0 Å². The number of esters is 1. The number of carbonyl (C=O) groups excluding carboxylic acids is 3. The molecule has 0 radical (unpaired) electrons. The van der Waals surface area contributed by atoms with E-state index in [-0.39, 0.29) is 17.4 Å². The summed E-state index contributed by atoms with van der Waals surface area (Å²) in [6, 6.07) is 13.4. The van der Waals surface area contributed by atoms with Crippen molar-refractivity contribution in [1.82, 2.24) is 9.97 Å². The van der Waals surface area contributed by atoms with Crippen molar-refractivity contribution in [1.29, 1.82) is 0 Å². The smallest absolute Gasteiger partial charge is 0.344 e.